The van der Waals surface area contributed by atoms with Crippen molar-refractivity contribution < 1.29 is 14.3 Å². The van der Waals surface area contributed by atoms with Crippen LogP contribution in [0.4, 0.5) is 5.95 Å². The van der Waals surface area contributed by atoms with E-state index in [0.29, 0.717) is 49.0 Å². The summed E-state index contributed by atoms with van der Waals surface area (Å²) >= 11 is 0. The number of rotatable bonds is 6. The topological polar surface area (TPSA) is 105 Å². The summed E-state index contributed by atoms with van der Waals surface area (Å²) in [5.41, 5.74) is 6.98. The lowest BCUT2D eigenvalue weighted by Crippen LogP contribution is -2.08. The average molecular weight is 279 g/mol. The lowest BCUT2D eigenvalue weighted by molar-refractivity contribution is -0.143. The lowest BCUT2D eigenvalue weighted by atomic mass is 10.3. The molecule has 2 aromatic heterocycles. The number of nitrogens with zero attached hydrogens (tertiary/aromatic N) is 4. The summed E-state index contributed by atoms with van der Waals surface area (Å²) < 4.78 is 11.7. The van der Waals surface area contributed by atoms with E-state index in [-0.39, 0.29) is 5.97 Å². The van der Waals surface area contributed by atoms with Crippen LogP contribution in [0, 0.1) is 0 Å². The van der Waals surface area contributed by atoms with E-state index >= 15 is 0 Å². The van der Waals surface area contributed by atoms with Gasteiger partial charge in [-0.1, -0.05) is 0 Å². The number of nitrogen functional groups attached to an aromatic ring is 1. The molecule has 0 fully saturated rings. The zero-order chi connectivity index (χ0) is 14.5. The van der Waals surface area contributed by atoms with E-state index < -0.39 is 0 Å². The smallest absolute Gasteiger partial charge is 0.305 e. The number of carbonyl (C=O) groups excluding carboxylic acids is 1. The van der Waals surface area contributed by atoms with Crippen LogP contribution in [0.1, 0.15) is 19.8 Å². The maximum atomic E-state index is 11.3. The number of aryl methyl sites for hydroxylation is 1. The number of nitrogens with two attached hydrogens (primary N) is 1. The van der Waals surface area contributed by atoms with E-state index in [9.17, 15) is 4.79 Å². The molecule has 20 heavy (non-hydrogen) atoms. The first-order valence-electron chi connectivity index (χ1n) is 6.33. The molecule has 0 unspecified atom stereocenters. The molecule has 8 nitrogen and oxygen atoms in total. The SMILES string of the molecule is CCOC(=O)CCCn1c(N)nc2c(OC)ncnc21. The maximum absolute atomic E-state index is 11.3. The first-order valence-corrected chi connectivity index (χ1v) is 6.33. The fourth-order valence-corrected chi connectivity index (χ4v) is 1.92. The van der Waals surface area contributed by atoms with Crippen LogP contribution in [0.15, 0.2) is 6.33 Å². The third kappa shape index (κ3) is 2.79. The molecular formula is C12H17N5O3. The monoisotopic (exact) mass is 279 g/mol. The number of aromatic nitrogens is 4. The van der Waals surface area contributed by atoms with Gasteiger partial charge in [0.25, 0.3) is 0 Å². The number of esters is 1. The highest BCUT2D eigenvalue weighted by Crippen LogP contribution is 2.22. The summed E-state index contributed by atoms with van der Waals surface area (Å²) in [6.45, 7) is 2.70. The molecule has 0 radical (unpaired) electrons. The summed E-state index contributed by atoms with van der Waals surface area (Å²) in [6.07, 6.45) is 2.32. The van der Waals surface area contributed by atoms with Gasteiger partial charge in [-0.3, -0.25) is 9.36 Å². The van der Waals surface area contributed by atoms with Gasteiger partial charge in [-0.05, 0) is 13.3 Å². The molecule has 2 heterocycles. The van der Waals surface area contributed by atoms with Gasteiger partial charge in [0.15, 0.2) is 11.2 Å². The molecule has 108 valence electrons. The van der Waals surface area contributed by atoms with Gasteiger partial charge in [0.05, 0.1) is 13.7 Å². The molecule has 0 aliphatic rings. The van der Waals surface area contributed by atoms with Crippen molar-refractivity contribution in [1.82, 2.24) is 19.5 Å². The van der Waals surface area contributed by atoms with Crippen LogP contribution in [-0.4, -0.2) is 39.2 Å². The van der Waals surface area contributed by atoms with Gasteiger partial charge in [0.1, 0.15) is 6.33 Å². The van der Waals surface area contributed by atoms with Crippen molar-refractivity contribution in [3.63, 3.8) is 0 Å². The van der Waals surface area contributed by atoms with Crippen LogP contribution in [0.25, 0.3) is 11.2 Å². The number of ether oxygens (including phenoxy) is 2. The molecule has 0 saturated carbocycles. The Kier molecular flexibility index (Phi) is 4.34. The second kappa shape index (κ2) is 6.18. The Morgan fingerprint density at radius 3 is 2.95 bits per heavy atom. The highest BCUT2D eigenvalue weighted by molar-refractivity contribution is 5.78. The van der Waals surface area contributed by atoms with E-state index in [1.165, 1.54) is 13.4 Å². The number of hydrogen-bond acceptors (Lipinski definition) is 7. The molecule has 2 aromatic rings. The molecule has 8 heteroatoms. The van der Waals surface area contributed by atoms with Crippen molar-refractivity contribution in [2.75, 3.05) is 19.5 Å². The van der Waals surface area contributed by atoms with Crippen molar-refractivity contribution in [1.29, 1.82) is 0 Å². The quantitative estimate of drug-likeness (QED) is 0.778. The number of carbonyl (C=O) groups is 1. The molecule has 0 aromatic carbocycles. The third-order valence-corrected chi connectivity index (χ3v) is 2.79. The fraction of sp³-hybridized carbons (Fsp3) is 0.500. The molecule has 0 atom stereocenters. The fourth-order valence-electron chi connectivity index (χ4n) is 1.92. The Morgan fingerprint density at radius 1 is 1.45 bits per heavy atom. The Morgan fingerprint density at radius 2 is 2.25 bits per heavy atom. The second-order valence-corrected chi connectivity index (χ2v) is 4.09. The molecule has 2 rings (SSSR count). The van der Waals surface area contributed by atoms with Crippen LogP contribution in [-0.2, 0) is 16.1 Å². The zero-order valence-corrected chi connectivity index (χ0v) is 11.5. The molecule has 0 aliphatic carbocycles. The lowest BCUT2D eigenvalue weighted by Gasteiger charge is -2.05. The average Bonchev–Trinajstić information content (AvgIpc) is 2.75. The minimum atomic E-state index is -0.220. The van der Waals surface area contributed by atoms with E-state index in [4.69, 9.17) is 15.2 Å². The van der Waals surface area contributed by atoms with Gasteiger partial charge in [0.2, 0.25) is 11.8 Å². The first-order chi connectivity index (χ1) is 9.67. The van der Waals surface area contributed by atoms with Gasteiger partial charge < -0.3 is 15.2 Å². The van der Waals surface area contributed by atoms with E-state index in [1.54, 1.807) is 11.5 Å². The summed E-state index contributed by atoms with van der Waals surface area (Å²) in [5, 5.41) is 0. The predicted molar refractivity (Wildman–Crippen MR) is 72.2 cm³/mol. The highest BCUT2D eigenvalue weighted by atomic mass is 16.5. The standard InChI is InChI=1S/C12H17N5O3/c1-3-20-8(18)5-4-6-17-10-9(16-12(17)13)11(19-2)15-7-14-10/h7H,3-6H2,1-2H3,(H2,13,16). The molecule has 2 N–H and O–H groups in total. The van der Waals surface area contributed by atoms with E-state index in [1.807, 2.05) is 0 Å². The highest BCUT2D eigenvalue weighted by Gasteiger charge is 2.14. The number of fused-ring (bicyclic) bond motifs is 1. The number of methoxy groups -OCH3 is 1. The normalized spacial score (nSPS) is 10.7. The Labute approximate surface area is 115 Å². The summed E-state index contributed by atoms with van der Waals surface area (Å²) in [4.78, 5) is 23.6. The minimum Gasteiger partial charge on any atom is -0.479 e. The summed E-state index contributed by atoms with van der Waals surface area (Å²) in [7, 11) is 1.51. The molecular weight excluding hydrogens is 262 g/mol. The predicted octanol–water partition coefficient (Wildman–Crippen LogP) is 0.760. The second-order valence-electron chi connectivity index (χ2n) is 4.09. The van der Waals surface area contributed by atoms with Gasteiger partial charge in [0, 0.05) is 13.0 Å². The van der Waals surface area contributed by atoms with Crippen molar-refractivity contribution in [3.05, 3.63) is 6.33 Å². The van der Waals surface area contributed by atoms with E-state index in [0.717, 1.165) is 0 Å². The maximum Gasteiger partial charge on any atom is 0.305 e. The van der Waals surface area contributed by atoms with Gasteiger partial charge in [-0.25, -0.2) is 9.97 Å². The van der Waals surface area contributed by atoms with Crippen molar-refractivity contribution >= 4 is 23.1 Å². The Hall–Kier alpha value is -2.38. The van der Waals surface area contributed by atoms with Gasteiger partial charge in [-0.15, -0.1) is 0 Å². The van der Waals surface area contributed by atoms with Crippen LogP contribution in [0.5, 0.6) is 5.88 Å². The Balaban J connectivity index is 2.14. The first kappa shape index (κ1) is 14.0. The van der Waals surface area contributed by atoms with Crippen LogP contribution in [0.3, 0.4) is 0 Å². The molecule has 0 bridgehead atoms. The van der Waals surface area contributed by atoms with Crippen molar-refractivity contribution in [2.24, 2.45) is 0 Å². The van der Waals surface area contributed by atoms with Crippen LogP contribution >= 0.6 is 0 Å². The Bertz CT molecular complexity index is 610. The summed E-state index contributed by atoms with van der Waals surface area (Å²) in [5.74, 6) is 0.483. The summed E-state index contributed by atoms with van der Waals surface area (Å²) in [6, 6.07) is 0. The van der Waals surface area contributed by atoms with Crippen LogP contribution in [0.2, 0.25) is 0 Å². The van der Waals surface area contributed by atoms with Crippen LogP contribution < -0.4 is 10.5 Å². The molecule has 0 spiro atoms. The molecule has 0 aliphatic heterocycles. The van der Waals surface area contributed by atoms with Gasteiger partial charge in [-0.2, -0.15) is 4.98 Å². The molecule has 0 saturated heterocycles. The number of imidazole rings is 1. The zero-order valence-electron chi connectivity index (χ0n) is 11.5. The largest absolute Gasteiger partial charge is 0.479 e. The molecule has 0 amide bonds. The third-order valence-electron chi connectivity index (χ3n) is 2.79. The van der Waals surface area contributed by atoms with Crippen molar-refractivity contribution in [3.8, 4) is 5.88 Å². The number of anilines is 1. The van der Waals surface area contributed by atoms with Gasteiger partial charge >= 0.3 is 5.97 Å². The number of hydrogen-bond donors (Lipinski definition) is 1. The van der Waals surface area contributed by atoms with E-state index in [2.05, 4.69) is 15.0 Å². The van der Waals surface area contributed by atoms with Crippen molar-refractivity contribution in [2.45, 2.75) is 26.3 Å². The minimum absolute atomic E-state index is 0.220.